The van der Waals surface area contributed by atoms with Crippen LogP contribution in [0, 0.1) is 23.7 Å². The van der Waals surface area contributed by atoms with Gasteiger partial charge in [0.2, 0.25) is 0 Å². The van der Waals surface area contributed by atoms with Crippen molar-refractivity contribution in [2.45, 2.75) is 57.5 Å². The van der Waals surface area contributed by atoms with Crippen molar-refractivity contribution in [3.8, 4) is 0 Å². The maximum Gasteiger partial charge on any atom is 0.162 e. The largest absolute Gasteiger partial charge is 0.346 e. The second-order valence-corrected chi connectivity index (χ2v) is 6.73. The van der Waals surface area contributed by atoms with Gasteiger partial charge in [0.15, 0.2) is 6.29 Å². The molecule has 0 radical (unpaired) electrons. The summed E-state index contributed by atoms with van der Waals surface area (Å²) in [5.41, 5.74) is 0. The minimum absolute atomic E-state index is 0.0584. The molecule has 4 rings (SSSR count). The molecule has 1 saturated heterocycles. The highest BCUT2D eigenvalue weighted by atomic mass is 16.7. The van der Waals surface area contributed by atoms with Gasteiger partial charge in [-0.15, -0.1) is 0 Å². The van der Waals surface area contributed by atoms with E-state index in [9.17, 15) is 0 Å². The van der Waals surface area contributed by atoms with Crippen LogP contribution in [-0.2, 0) is 9.47 Å². The Bertz CT molecular complexity index is 382. The van der Waals surface area contributed by atoms with Crippen LogP contribution in [0.25, 0.3) is 0 Å². The molecule has 2 heteroatoms. The van der Waals surface area contributed by atoms with E-state index < -0.39 is 0 Å². The van der Waals surface area contributed by atoms with Gasteiger partial charge in [0.05, 0.1) is 12.2 Å². The summed E-state index contributed by atoms with van der Waals surface area (Å²) in [6, 6.07) is 0. The number of hydrogen-bond donors (Lipinski definition) is 0. The normalized spacial score (nSPS) is 53.8. The molecule has 1 unspecified atom stereocenters. The van der Waals surface area contributed by atoms with Crippen LogP contribution in [0.2, 0.25) is 0 Å². The molecule has 0 amide bonds. The number of ether oxygens (including phenoxy) is 2. The maximum absolute atomic E-state index is 6.32. The Morgan fingerprint density at radius 3 is 2.11 bits per heavy atom. The standard InChI is InChI=1S/C17H24O2/c1-11-12-8-9-13(10-12)16(11)17-18-14-6-4-2-3-5-7-15(14)19-17/h2-3,8-9,11-17H,4-7,10H2,1H3/b3-2-/t11-,12+,13-,14-,15+,16+,17?/m0/s1. The van der Waals surface area contributed by atoms with Crippen LogP contribution >= 0.6 is 0 Å². The van der Waals surface area contributed by atoms with Crippen molar-refractivity contribution < 1.29 is 9.47 Å². The van der Waals surface area contributed by atoms with Crippen LogP contribution in [0.5, 0.6) is 0 Å². The van der Waals surface area contributed by atoms with Gasteiger partial charge in [0.1, 0.15) is 0 Å². The summed E-state index contributed by atoms with van der Waals surface area (Å²) in [5.74, 6) is 2.79. The Labute approximate surface area is 115 Å². The average molecular weight is 260 g/mol. The van der Waals surface area contributed by atoms with E-state index in [1.165, 1.54) is 6.42 Å². The van der Waals surface area contributed by atoms with E-state index in [2.05, 4.69) is 31.2 Å². The molecule has 104 valence electrons. The van der Waals surface area contributed by atoms with E-state index in [1.54, 1.807) is 0 Å². The van der Waals surface area contributed by atoms with Crippen LogP contribution in [0.3, 0.4) is 0 Å². The fraction of sp³-hybridized carbons (Fsp3) is 0.765. The molecular formula is C17H24O2. The molecule has 3 aliphatic carbocycles. The molecule has 0 aromatic carbocycles. The van der Waals surface area contributed by atoms with Gasteiger partial charge in [-0.25, -0.2) is 0 Å². The van der Waals surface area contributed by atoms with Crippen LogP contribution in [0.15, 0.2) is 24.3 Å². The monoisotopic (exact) mass is 260 g/mol. The first kappa shape index (κ1) is 12.2. The van der Waals surface area contributed by atoms with Gasteiger partial charge in [-0.2, -0.15) is 0 Å². The molecule has 1 heterocycles. The number of allylic oxidation sites excluding steroid dienone is 4. The van der Waals surface area contributed by atoms with Crippen molar-refractivity contribution in [3.05, 3.63) is 24.3 Å². The minimum atomic E-state index is 0.0584. The van der Waals surface area contributed by atoms with Gasteiger partial charge in [-0.3, -0.25) is 0 Å². The Balaban J connectivity index is 1.48. The molecule has 1 saturated carbocycles. The van der Waals surface area contributed by atoms with Gasteiger partial charge < -0.3 is 9.47 Å². The van der Waals surface area contributed by atoms with E-state index in [0.717, 1.165) is 37.5 Å². The van der Waals surface area contributed by atoms with Gasteiger partial charge in [-0.1, -0.05) is 31.2 Å². The summed E-state index contributed by atoms with van der Waals surface area (Å²) in [6.45, 7) is 2.38. The summed E-state index contributed by atoms with van der Waals surface area (Å²) in [4.78, 5) is 0. The second-order valence-electron chi connectivity index (χ2n) is 6.73. The zero-order valence-electron chi connectivity index (χ0n) is 11.7. The molecule has 0 aromatic heterocycles. The fourth-order valence-corrected chi connectivity index (χ4v) is 4.56. The lowest BCUT2D eigenvalue weighted by atomic mass is 9.84. The van der Waals surface area contributed by atoms with Crippen molar-refractivity contribution in [1.82, 2.24) is 0 Å². The van der Waals surface area contributed by atoms with E-state index in [1.807, 2.05) is 0 Å². The predicted molar refractivity (Wildman–Crippen MR) is 74.5 cm³/mol. The molecule has 2 nitrogen and oxygen atoms in total. The summed E-state index contributed by atoms with van der Waals surface area (Å²) < 4.78 is 12.6. The lowest BCUT2D eigenvalue weighted by Gasteiger charge is -2.29. The zero-order valence-corrected chi connectivity index (χ0v) is 11.7. The molecule has 0 aromatic rings. The molecular weight excluding hydrogens is 236 g/mol. The van der Waals surface area contributed by atoms with Crippen molar-refractivity contribution in [1.29, 1.82) is 0 Å². The molecule has 19 heavy (non-hydrogen) atoms. The van der Waals surface area contributed by atoms with Crippen LogP contribution in [0.4, 0.5) is 0 Å². The molecule has 7 atom stereocenters. The lowest BCUT2D eigenvalue weighted by molar-refractivity contribution is -0.121. The third-order valence-corrected chi connectivity index (χ3v) is 5.68. The van der Waals surface area contributed by atoms with Gasteiger partial charge in [0, 0.05) is 5.92 Å². The van der Waals surface area contributed by atoms with E-state index in [-0.39, 0.29) is 6.29 Å². The maximum atomic E-state index is 6.32. The average Bonchev–Trinajstić information content (AvgIpc) is 3.04. The van der Waals surface area contributed by atoms with E-state index in [0.29, 0.717) is 24.0 Å². The smallest absolute Gasteiger partial charge is 0.162 e. The molecule has 1 aliphatic heterocycles. The summed E-state index contributed by atoms with van der Waals surface area (Å²) in [5, 5.41) is 0. The summed E-state index contributed by atoms with van der Waals surface area (Å²) in [7, 11) is 0. The molecule has 4 aliphatic rings. The predicted octanol–water partition coefficient (Wildman–Crippen LogP) is 3.68. The third-order valence-electron chi connectivity index (χ3n) is 5.68. The number of rotatable bonds is 1. The summed E-state index contributed by atoms with van der Waals surface area (Å²) in [6.07, 6.45) is 16.0. The Morgan fingerprint density at radius 2 is 1.53 bits per heavy atom. The first-order valence-corrected chi connectivity index (χ1v) is 7.97. The van der Waals surface area contributed by atoms with Crippen molar-refractivity contribution in [3.63, 3.8) is 0 Å². The molecule has 2 bridgehead atoms. The summed E-state index contributed by atoms with van der Waals surface area (Å²) >= 11 is 0. The second kappa shape index (κ2) is 4.75. The SMILES string of the molecule is C[C@@H]1[C@@H](C2O[C@H]3CC/C=C\CC[C@H]3O2)[C@H]2C=C[C@@H]1C2. The van der Waals surface area contributed by atoms with Gasteiger partial charge in [0.25, 0.3) is 0 Å². The Kier molecular flexibility index (Phi) is 3.04. The number of fused-ring (bicyclic) bond motifs is 3. The van der Waals surface area contributed by atoms with Gasteiger partial charge in [-0.05, 0) is 49.9 Å². The highest BCUT2D eigenvalue weighted by Crippen LogP contribution is 2.51. The first-order chi connectivity index (χ1) is 9.33. The highest BCUT2D eigenvalue weighted by Gasteiger charge is 2.50. The van der Waals surface area contributed by atoms with E-state index >= 15 is 0 Å². The van der Waals surface area contributed by atoms with Crippen LogP contribution in [-0.4, -0.2) is 18.5 Å². The van der Waals surface area contributed by atoms with Crippen LogP contribution in [0.1, 0.15) is 39.0 Å². The van der Waals surface area contributed by atoms with Crippen molar-refractivity contribution in [2.24, 2.45) is 23.7 Å². The number of hydrogen-bond acceptors (Lipinski definition) is 2. The quantitative estimate of drug-likeness (QED) is 0.669. The molecule has 0 N–H and O–H groups in total. The highest BCUT2D eigenvalue weighted by molar-refractivity contribution is 5.13. The fourth-order valence-electron chi connectivity index (χ4n) is 4.56. The Hall–Kier alpha value is -0.600. The molecule has 2 fully saturated rings. The molecule has 0 spiro atoms. The minimum Gasteiger partial charge on any atom is -0.346 e. The third kappa shape index (κ3) is 2.00. The van der Waals surface area contributed by atoms with Crippen LogP contribution < -0.4 is 0 Å². The Morgan fingerprint density at radius 1 is 0.895 bits per heavy atom. The van der Waals surface area contributed by atoms with E-state index in [4.69, 9.17) is 9.47 Å². The zero-order chi connectivity index (χ0) is 12.8. The van der Waals surface area contributed by atoms with Crippen molar-refractivity contribution in [2.75, 3.05) is 0 Å². The topological polar surface area (TPSA) is 18.5 Å². The van der Waals surface area contributed by atoms with Gasteiger partial charge >= 0.3 is 0 Å². The van der Waals surface area contributed by atoms with Crippen molar-refractivity contribution >= 4 is 0 Å². The lowest BCUT2D eigenvalue weighted by Crippen LogP contribution is -2.31. The first-order valence-electron chi connectivity index (χ1n) is 7.97.